The molecule has 0 aliphatic heterocycles. The molecule has 5 rings (SSSR count). The second kappa shape index (κ2) is 11.7. The van der Waals surface area contributed by atoms with Crippen molar-refractivity contribution in [3.63, 3.8) is 0 Å². The number of aryl methyl sites for hydroxylation is 1. The fourth-order valence-electron chi connectivity index (χ4n) is 8.46. The van der Waals surface area contributed by atoms with E-state index in [1.807, 2.05) is 6.08 Å². The molecule has 0 saturated heterocycles. The molecule has 0 amide bonds. The molecule has 1 nitrogen and oxygen atoms in total. The largest absolute Gasteiger partial charge is 0.489 e. The Labute approximate surface area is 277 Å². The van der Waals surface area contributed by atoms with Crippen molar-refractivity contribution in [2.45, 2.75) is 125 Å². The van der Waals surface area contributed by atoms with Crippen molar-refractivity contribution >= 4 is 33.2 Å². The maximum absolute atomic E-state index is 6.74. The summed E-state index contributed by atoms with van der Waals surface area (Å²) in [6.45, 7) is 36.1. The predicted octanol–water partition coefficient (Wildman–Crippen LogP) is 9.75. The van der Waals surface area contributed by atoms with E-state index in [4.69, 9.17) is 4.74 Å². The van der Waals surface area contributed by atoms with Crippen LogP contribution in [0, 0.1) is 17.8 Å². The van der Waals surface area contributed by atoms with Crippen molar-refractivity contribution in [2.24, 2.45) is 10.8 Å². The molecule has 0 spiro atoms. The summed E-state index contributed by atoms with van der Waals surface area (Å²) in [4.78, 5) is 0. The van der Waals surface area contributed by atoms with Crippen LogP contribution in [-0.4, -0.2) is 23.5 Å². The minimum atomic E-state index is -1.73. The smallest absolute Gasteiger partial charge is 0.126 e. The van der Waals surface area contributed by atoms with Crippen molar-refractivity contribution in [2.75, 3.05) is 6.61 Å². The van der Waals surface area contributed by atoms with Crippen molar-refractivity contribution in [3.05, 3.63) is 92.9 Å². The Balaban J connectivity index is 2.05. The molecule has 0 bridgehead atoms. The third-order valence-corrected chi connectivity index (χ3v) is 16.0. The SMILES string of the molecule is C=CCOc1c(C2=c3ccc(C(C)(C)C)cc3=C3C(=C4CCC(C)(C)C=C4C3[Si](CC)CC)C2(C)C)cc(C)cc1[Si](C)(C)C. The number of benzene rings is 2. The molecule has 3 aliphatic carbocycles. The van der Waals surface area contributed by atoms with Crippen molar-refractivity contribution in [3.8, 4) is 5.75 Å². The van der Waals surface area contributed by atoms with Gasteiger partial charge in [-0.2, -0.15) is 0 Å². The molecule has 2 aromatic rings. The highest BCUT2D eigenvalue weighted by Crippen LogP contribution is 2.61. The first kappa shape index (κ1) is 34.0. The molecule has 3 aliphatic rings. The molecule has 0 N–H and O–H groups in total. The van der Waals surface area contributed by atoms with Gasteiger partial charge in [0.05, 0.1) is 16.9 Å². The Morgan fingerprint density at radius 2 is 1.64 bits per heavy atom. The Hall–Kier alpha value is -2.37. The highest BCUT2D eigenvalue weighted by Gasteiger charge is 2.49. The lowest BCUT2D eigenvalue weighted by molar-refractivity contribution is 0.364. The van der Waals surface area contributed by atoms with E-state index in [9.17, 15) is 0 Å². The number of rotatable bonds is 8. The lowest BCUT2D eigenvalue weighted by Crippen LogP contribution is -2.44. The summed E-state index contributed by atoms with van der Waals surface area (Å²) >= 11 is 0. The molecule has 0 fully saturated rings. The molecule has 0 saturated carbocycles. The average molecular weight is 636 g/mol. The van der Waals surface area contributed by atoms with Crippen molar-refractivity contribution in [1.29, 1.82) is 0 Å². The standard InChI is InChI=1S/C42H59OSi2/c1-15-22-43-38-32(23-27(4)24-34(38)45(12,13)14)36-29-19-18-28(40(5,6)7)25-31(29)35-37(42(36,10)11)30-20-21-41(8,9)26-33(30)39(35)44(16-2)17-3/h15,18-19,23-26,39H,1,16-17,20-22H2,2-14H3. The normalized spacial score (nSPS) is 20.6. The van der Waals surface area contributed by atoms with Gasteiger partial charge < -0.3 is 4.74 Å². The van der Waals surface area contributed by atoms with Crippen LogP contribution in [0.4, 0.5) is 0 Å². The van der Waals surface area contributed by atoms with Crippen LogP contribution in [0.2, 0.25) is 37.3 Å². The van der Waals surface area contributed by atoms with Crippen LogP contribution in [0.3, 0.4) is 0 Å². The van der Waals surface area contributed by atoms with Crippen LogP contribution in [0.25, 0.3) is 11.1 Å². The first-order chi connectivity index (χ1) is 20.9. The molecule has 0 aromatic heterocycles. The van der Waals surface area contributed by atoms with Crippen LogP contribution >= 0.6 is 0 Å². The first-order valence-electron chi connectivity index (χ1n) is 17.5. The van der Waals surface area contributed by atoms with Gasteiger partial charge >= 0.3 is 0 Å². The maximum Gasteiger partial charge on any atom is 0.126 e. The van der Waals surface area contributed by atoms with Crippen LogP contribution in [-0.2, 0) is 5.41 Å². The summed E-state index contributed by atoms with van der Waals surface area (Å²) < 4.78 is 6.74. The summed E-state index contributed by atoms with van der Waals surface area (Å²) in [5.74, 6) is 1.09. The Morgan fingerprint density at radius 3 is 2.22 bits per heavy atom. The van der Waals surface area contributed by atoms with Crippen LogP contribution in [0.5, 0.6) is 5.75 Å². The summed E-state index contributed by atoms with van der Waals surface area (Å²) in [5.41, 5.74) is 12.8. The van der Waals surface area contributed by atoms with Gasteiger partial charge in [-0.05, 0) is 85.7 Å². The highest BCUT2D eigenvalue weighted by molar-refractivity contribution is 6.89. The zero-order chi connectivity index (χ0) is 33.3. The topological polar surface area (TPSA) is 9.23 Å². The predicted molar refractivity (Wildman–Crippen MR) is 203 cm³/mol. The second-order valence-corrected chi connectivity index (χ2v) is 25.5. The first-order valence-corrected chi connectivity index (χ1v) is 23.0. The lowest BCUT2D eigenvalue weighted by atomic mass is 9.66. The van der Waals surface area contributed by atoms with Gasteiger partial charge in [-0.3, -0.25) is 0 Å². The molecule has 2 aromatic carbocycles. The van der Waals surface area contributed by atoms with Gasteiger partial charge in [-0.15, -0.1) is 0 Å². The van der Waals surface area contributed by atoms with Gasteiger partial charge in [0.15, 0.2) is 0 Å². The lowest BCUT2D eigenvalue weighted by Gasteiger charge is -2.39. The zero-order valence-corrected chi connectivity index (χ0v) is 32.8. The Bertz CT molecular complexity index is 1710. The van der Waals surface area contributed by atoms with E-state index in [2.05, 4.69) is 132 Å². The van der Waals surface area contributed by atoms with Crippen LogP contribution < -0.4 is 20.4 Å². The fraction of sp³-hybridized carbons (Fsp3) is 0.524. The van der Waals surface area contributed by atoms with E-state index in [0.29, 0.717) is 12.1 Å². The molecular formula is C42H59OSi2. The molecule has 3 heteroatoms. The Morgan fingerprint density at radius 1 is 0.978 bits per heavy atom. The molecule has 241 valence electrons. The van der Waals surface area contributed by atoms with Gasteiger partial charge in [0.2, 0.25) is 0 Å². The molecule has 1 atom stereocenters. The molecule has 1 radical (unpaired) electrons. The number of fused-ring (bicyclic) bond motifs is 3. The number of allylic oxidation sites excluding steroid dienone is 4. The summed E-state index contributed by atoms with van der Waals surface area (Å²) in [6, 6.07) is 14.9. The Kier molecular flexibility index (Phi) is 8.84. The summed E-state index contributed by atoms with van der Waals surface area (Å²) in [6.07, 6.45) is 7.00. The molecular weight excluding hydrogens is 577 g/mol. The fourth-order valence-corrected chi connectivity index (χ4v) is 12.7. The van der Waals surface area contributed by atoms with Crippen LogP contribution in [0.15, 0.2) is 65.8 Å². The minimum Gasteiger partial charge on any atom is -0.489 e. The van der Waals surface area contributed by atoms with E-state index in [1.165, 1.54) is 62.8 Å². The highest BCUT2D eigenvalue weighted by atomic mass is 28.3. The molecule has 45 heavy (non-hydrogen) atoms. The quantitative estimate of drug-likeness (QED) is 0.207. The second-order valence-electron chi connectivity index (χ2n) is 17.2. The number of hydrogen-bond acceptors (Lipinski definition) is 1. The third-order valence-electron chi connectivity index (χ3n) is 10.8. The zero-order valence-electron chi connectivity index (χ0n) is 30.8. The van der Waals surface area contributed by atoms with Gasteiger partial charge in [0, 0.05) is 16.5 Å². The van der Waals surface area contributed by atoms with Gasteiger partial charge in [-0.25, -0.2) is 0 Å². The van der Waals surface area contributed by atoms with E-state index < -0.39 is 16.9 Å². The van der Waals surface area contributed by atoms with Gasteiger partial charge in [0.1, 0.15) is 12.4 Å². The summed E-state index contributed by atoms with van der Waals surface area (Å²) in [7, 11) is -2.37. The number of ether oxygens (including phenoxy) is 1. The van der Waals surface area contributed by atoms with Crippen LogP contribution in [0.1, 0.15) is 91.8 Å². The van der Waals surface area contributed by atoms with Gasteiger partial charge in [0.25, 0.3) is 0 Å². The third kappa shape index (κ3) is 5.86. The number of hydrogen-bond donors (Lipinski definition) is 0. The van der Waals surface area contributed by atoms with E-state index in [0.717, 1.165) is 5.75 Å². The average Bonchev–Trinajstić information content (AvgIpc) is 3.26. The summed E-state index contributed by atoms with van der Waals surface area (Å²) in [5, 5.41) is 4.32. The monoisotopic (exact) mass is 635 g/mol. The van der Waals surface area contributed by atoms with Gasteiger partial charge in [-0.1, -0.05) is 143 Å². The molecule has 0 heterocycles. The van der Waals surface area contributed by atoms with E-state index >= 15 is 0 Å². The van der Waals surface area contributed by atoms with Crippen molar-refractivity contribution in [1.82, 2.24) is 0 Å². The van der Waals surface area contributed by atoms with E-state index in [-0.39, 0.29) is 16.2 Å². The van der Waals surface area contributed by atoms with E-state index in [1.54, 1.807) is 22.3 Å². The molecule has 1 unspecified atom stereocenters. The van der Waals surface area contributed by atoms with Crippen molar-refractivity contribution < 1.29 is 4.74 Å². The minimum absolute atomic E-state index is 0.0774. The maximum atomic E-state index is 6.74.